The van der Waals surface area contributed by atoms with Gasteiger partial charge < -0.3 is 19.3 Å². The summed E-state index contributed by atoms with van der Waals surface area (Å²) in [5.74, 6) is 0.796. The molecule has 0 spiro atoms. The number of benzene rings is 4. The number of hydrogen-bond acceptors (Lipinski definition) is 4. The molecule has 0 aliphatic heterocycles. The first-order chi connectivity index (χ1) is 22.4. The molecule has 0 radical (unpaired) electrons. The molecular formula is C38H42Br2N2O4. The van der Waals surface area contributed by atoms with Gasteiger partial charge in [0.25, 0.3) is 11.8 Å². The van der Waals surface area contributed by atoms with Crippen LogP contribution in [0.1, 0.15) is 71.4 Å². The van der Waals surface area contributed by atoms with Gasteiger partial charge in [-0.15, -0.1) is 0 Å². The third-order valence-corrected chi connectivity index (χ3v) is 8.49. The zero-order valence-electron chi connectivity index (χ0n) is 26.6. The Balaban J connectivity index is 1.66. The minimum Gasteiger partial charge on any atom is -0.493 e. The van der Waals surface area contributed by atoms with Gasteiger partial charge in [0, 0.05) is 35.1 Å². The van der Waals surface area contributed by atoms with Crippen LogP contribution in [-0.2, 0) is 13.1 Å². The van der Waals surface area contributed by atoms with Crippen molar-refractivity contribution < 1.29 is 19.1 Å². The van der Waals surface area contributed by atoms with Crippen molar-refractivity contribution in [2.24, 2.45) is 0 Å². The second kappa shape index (κ2) is 18.5. The number of amides is 2. The van der Waals surface area contributed by atoms with E-state index in [2.05, 4.69) is 45.7 Å². The first-order valence-electron chi connectivity index (χ1n) is 15.9. The normalized spacial score (nSPS) is 10.8. The molecule has 0 fully saturated rings. The maximum atomic E-state index is 14.3. The van der Waals surface area contributed by atoms with E-state index in [1.807, 2.05) is 97.1 Å². The van der Waals surface area contributed by atoms with Gasteiger partial charge in [-0.25, -0.2) is 0 Å². The van der Waals surface area contributed by atoms with Gasteiger partial charge in [0.2, 0.25) is 0 Å². The summed E-state index contributed by atoms with van der Waals surface area (Å²) in [5, 5.41) is 0. The second-order valence-electron chi connectivity index (χ2n) is 11.1. The Morgan fingerprint density at radius 3 is 1.35 bits per heavy atom. The highest BCUT2D eigenvalue weighted by molar-refractivity contribution is 9.10. The molecule has 46 heavy (non-hydrogen) atoms. The van der Waals surface area contributed by atoms with Crippen LogP contribution >= 0.6 is 31.9 Å². The average molecular weight is 751 g/mol. The summed E-state index contributed by atoms with van der Waals surface area (Å²) in [6.45, 7) is 6.68. The molecule has 8 heteroatoms. The Morgan fingerprint density at radius 2 is 0.978 bits per heavy atom. The lowest BCUT2D eigenvalue weighted by molar-refractivity contribution is 0.0639. The molecule has 0 heterocycles. The smallest absolute Gasteiger partial charge is 0.258 e. The maximum Gasteiger partial charge on any atom is 0.258 e. The summed E-state index contributed by atoms with van der Waals surface area (Å²) in [7, 11) is 0. The van der Waals surface area contributed by atoms with Gasteiger partial charge in [0.1, 0.15) is 11.5 Å². The summed E-state index contributed by atoms with van der Waals surface area (Å²) >= 11 is 7.09. The molecule has 0 N–H and O–H groups in total. The van der Waals surface area contributed by atoms with Crippen LogP contribution < -0.4 is 9.47 Å². The lowest BCUT2D eigenvalue weighted by atomic mass is 10.1. The van der Waals surface area contributed by atoms with Crippen molar-refractivity contribution in [3.63, 3.8) is 0 Å². The summed E-state index contributed by atoms with van der Waals surface area (Å²) in [4.78, 5) is 32.2. The molecule has 242 valence electrons. The van der Waals surface area contributed by atoms with Gasteiger partial charge in [0.05, 0.1) is 24.3 Å². The van der Waals surface area contributed by atoms with Crippen molar-refractivity contribution in [2.45, 2.75) is 52.6 Å². The van der Waals surface area contributed by atoms with Gasteiger partial charge in [0.15, 0.2) is 0 Å². The van der Waals surface area contributed by atoms with E-state index in [9.17, 15) is 9.59 Å². The molecule has 0 aliphatic carbocycles. The van der Waals surface area contributed by atoms with Crippen molar-refractivity contribution >= 4 is 43.7 Å². The molecule has 0 aliphatic rings. The molecular weight excluding hydrogens is 708 g/mol. The first-order valence-corrected chi connectivity index (χ1v) is 17.5. The third-order valence-electron chi connectivity index (χ3n) is 7.50. The topological polar surface area (TPSA) is 59.1 Å². The number of ether oxygens (including phenoxy) is 2. The first kappa shape index (κ1) is 35.2. The largest absolute Gasteiger partial charge is 0.493 e. The van der Waals surface area contributed by atoms with Crippen molar-refractivity contribution in [3.05, 3.63) is 128 Å². The monoisotopic (exact) mass is 748 g/mol. The van der Waals surface area contributed by atoms with Gasteiger partial charge in [-0.3, -0.25) is 9.59 Å². The number of nitrogens with zero attached hydrogens (tertiary/aromatic N) is 2. The lowest BCUT2D eigenvalue weighted by Crippen LogP contribution is -2.41. The molecule has 6 nitrogen and oxygen atoms in total. The van der Waals surface area contributed by atoms with Crippen molar-refractivity contribution in [1.29, 1.82) is 0 Å². The molecule has 2 amide bonds. The molecule has 0 saturated heterocycles. The quantitative estimate of drug-likeness (QED) is 0.101. The fraction of sp³-hybridized carbons (Fsp3) is 0.316. The molecule has 0 unspecified atom stereocenters. The molecule has 0 atom stereocenters. The maximum absolute atomic E-state index is 14.3. The Labute approximate surface area is 290 Å². The number of halogens is 2. The highest BCUT2D eigenvalue weighted by Gasteiger charge is 2.25. The van der Waals surface area contributed by atoms with Crippen LogP contribution in [0.15, 0.2) is 106 Å². The van der Waals surface area contributed by atoms with E-state index in [0.29, 0.717) is 62.0 Å². The Hall–Kier alpha value is -3.62. The van der Waals surface area contributed by atoms with Gasteiger partial charge >= 0.3 is 0 Å². The molecule has 4 rings (SSSR count). The molecule has 0 bridgehead atoms. The molecule has 4 aromatic carbocycles. The molecule has 0 aromatic heterocycles. The summed E-state index contributed by atoms with van der Waals surface area (Å²) in [5.41, 5.74) is 2.97. The van der Waals surface area contributed by atoms with E-state index in [-0.39, 0.29) is 11.8 Å². The summed E-state index contributed by atoms with van der Waals surface area (Å²) in [6, 6.07) is 30.9. The highest BCUT2D eigenvalue weighted by atomic mass is 79.9. The SMILES string of the molecule is CCCCOc1ccc(Br)cc1C(=O)N(CCN(Cc1ccccc1)C(=O)c1cc(Br)ccc1OCCCC)Cc1ccccc1. The van der Waals surface area contributed by atoms with Crippen molar-refractivity contribution in [2.75, 3.05) is 26.3 Å². The van der Waals surface area contributed by atoms with Crippen LogP contribution in [0.2, 0.25) is 0 Å². The zero-order valence-corrected chi connectivity index (χ0v) is 29.8. The van der Waals surface area contributed by atoms with E-state index in [4.69, 9.17) is 9.47 Å². The standard InChI is InChI=1S/C38H42Br2N2O4/c1-3-5-23-45-35-19-17-31(39)25-33(35)37(43)41(27-29-13-9-7-10-14-29)21-22-42(28-30-15-11-8-12-16-30)38(44)34-26-32(40)18-20-36(34)46-24-6-4-2/h7-20,25-26H,3-6,21-24,27-28H2,1-2H3. The van der Waals surface area contributed by atoms with Gasteiger partial charge in [-0.1, -0.05) is 119 Å². The van der Waals surface area contributed by atoms with Gasteiger partial charge in [-0.2, -0.15) is 0 Å². The van der Waals surface area contributed by atoms with E-state index < -0.39 is 0 Å². The van der Waals surface area contributed by atoms with E-state index in [1.54, 1.807) is 9.80 Å². The number of carbonyl (C=O) groups excluding carboxylic acids is 2. The van der Waals surface area contributed by atoms with E-state index >= 15 is 0 Å². The highest BCUT2D eigenvalue weighted by Crippen LogP contribution is 2.28. The number of rotatable bonds is 17. The lowest BCUT2D eigenvalue weighted by Gasteiger charge is -2.29. The number of unbranched alkanes of at least 4 members (excludes halogenated alkanes) is 2. The minimum atomic E-state index is -0.158. The Morgan fingerprint density at radius 1 is 0.587 bits per heavy atom. The summed E-state index contributed by atoms with van der Waals surface area (Å²) < 4.78 is 13.7. The van der Waals surface area contributed by atoms with Crippen LogP contribution in [0.25, 0.3) is 0 Å². The van der Waals surface area contributed by atoms with E-state index in [1.165, 1.54) is 0 Å². The molecule has 4 aromatic rings. The summed E-state index contributed by atoms with van der Waals surface area (Å²) in [6.07, 6.45) is 3.78. The molecule has 0 saturated carbocycles. The Bertz CT molecular complexity index is 1430. The second-order valence-corrected chi connectivity index (χ2v) is 12.9. The van der Waals surface area contributed by atoms with Crippen LogP contribution in [-0.4, -0.2) is 47.9 Å². The average Bonchev–Trinajstić information content (AvgIpc) is 3.07. The third kappa shape index (κ3) is 10.5. The number of hydrogen-bond donors (Lipinski definition) is 0. The Kier molecular flexibility index (Phi) is 14.2. The predicted molar refractivity (Wildman–Crippen MR) is 191 cm³/mol. The van der Waals surface area contributed by atoms with Gasteiger partial charge in [-0.05, 0) is 60.4 Å². The van der Waals surface area contributed by atoms with Crippen molar-refractivity contribution in [1.82, 2.24) is 9.80 Å². The van der Waals surface area contributed by atoms with Crippen LogP contribution in [0.5, 0.6) is 11.5 Å². The van der Waals surface area contributed by atoms with Crippen LogP contribution in [0, 0.1) is 0 Å². The minimum absolute atomic E-state index is 0.158. The van der Waals surface area contributed by atoms with Crippen molar-refractivity contribution in [3.8, 4) is 11.5 Å². The fourth-order valence-electron chi connectivity index (χ4n) is 4.94. The fourth-order valence-corrected chi connectivity index (χ4v) is 5.66. The van der Waals surface area contributed by atoms with E-state index in [0.717, 1.165) is 45.8 Å². The van der Waals surface area contributed by atoms with Crippen LogP contribution in [0.3, 0.4) is 0 Å². The zero-order chi connectivity index (χ0) is 32.7. The predicted octanol–water partition coefficient (Wildman–Crippen LogP) is 9.55. The van der Waals surface area contributed by atoms with Crippen LogP contribution in [0.4, 0.5) is 0 Å². The number of carbonyl (C=O) groups is 2.